The van der Waals surface area contributed by atoms with E-state index in [1.807, 2.05) is 48.5 Å². The summed E-state index contributed by atoms with van der Waals surface area (Å²) >= 11 is 1.39. The van der Waals surface area contributed by atoms with Crippen molar-refractivity contribution in [2.24, 2.45) is 0 Å². The third-order valence-corrected chi connectivity index (χ3v) is 5.12. The number of hydrogen-bond donors (Lipinski definition) is 0. The van der Waals surface area contributed by atoms with Gasteiger partial charge in [0.25, 0.3) is 5.56 Å². The summed E-state index contributed by atoms with van der Waals surface area (Å²) in [6.45, 7) is 0.848. The van der Waals surface area contributed by atoms with Crippen LogP contribution in [0.1, 0.15) is 5.89 Å². The molecule has 7 nitrogen and oxygen atoms in total. The minimum Gasteiger partial charge on any atom is -0.420 e. The van der Waals surface area contributed by atoms with Crippen molar-refractivity contribution < 1.29 is 9.15 Å². The molecule has 0 atom stereocenters. The highest BCUT2D eigenvalue weighted by Crippen LogP contribution is 2.24. The van der Waals surface area contributed by atoms with E-state index in [0.29, 0.717) is 46.7 Å². The molecule has 8 heteroatoms. The van der Waals surface area contributed by atoms with Crippen LogP contribution in [0.3, 0.4) is 0 Å². The highest BCUT2D eigenvalue weighted by atomic mass is 32.2. The number of nitrogens with zero attached hydrogens (tertiary/aromatic N) is 4. The quantitative estimate of drug-likeness (QED) is 0.351. The second kappa shape index (κ2) is 8.37. The van der Waals surface area contributed by atoms with Crippen LogP contribution in [0, 0.1) is 0 Å². The maximum Gasteiger partial charge on any atom is 0.262 e. The number of benzene rings is 2. The van der Waals surface area contributed by atoms with Crippen molar-refractivity contribution in [3.8, 4) is 11.5 Å². The molecule has 142 valence electrons. The van der Waals surface area contributed by atoms with Crippen LogP contribution < -0.4 is 5.56 Å². The average molecular weight is 394 g/mol. The maximum atomic E-state index is 12.9. The average Bonchev–Trinajstić information content (AvgIpc) is 3.21. The maximum absolute atomic E-state index is 12.9. The lowest BCUT2D eigenvalue weighted by Crippen LogP contribution is -2.25. The molecule has 0 amide bonds. The summed E-state index contributed by atoms with van der Waals surface area (Å²) in [5.74, 6) is 1.36. The molecule has 2 heterocycles. The van der Waals surface area contributed by atoms with Crippen LogP contribution in [0.5, 0.6) is 0 Å². The zero-order chi connectivity index (χ0) is 19.3. The van der Waals surface area contributed by atoms with Crippen molar-refractivity contribution in [3.63, 3.8) is 0 Å². The Morgan fingerprint density at radius 1 is 1.07 bits per heavy atom. The third-order valence-electron chi connectivity index (χ3n) is 4.16. The Kier molecular flexibility index (Phi) is 5.50. The summed E-state index contributed by atoms with van der Waals surface area (Å²) < 4.78 is 12.5. The summed E-state index contributed by atoms with van der Waals surface area (Å²) in [6.07, 6.45) is 0. The Balaban J connectivity index is 1.60. The van der Waals surface area contributed by atoms with E-state index in [0.717, 1.165) is 5.56 Å². The molecular weight excluding hydrogens is 376 g/mol. The second-order valence-electron chi connectivity index (χ2n) is 6.02. The Hall–Kier alpha value is -2.97. The molecule has 28 heavy (non-hydrogen) atoms. The van der Waals surface area contributed by atoms with Crippen molar-refractivity contribution in [3.05, 3.63) is 70.8 Å². The molecule has 4 rings (SSSR count). The zero-order valence-electron chi connectivity index (χ0n) is 15.2. The smallest absolute Gasteiger partial charge is 0.262 e. The first-order chi connectivity index (χ1) is 13.8. The molecule has 0 N–H and O–H groups in total. The van der Waals surface area contributed by atoms with Gasteiger partial charge in [0.05, 0.1) is 29.8 Å². The van der Waals surface area contributed by atoms with Gasteiger partial charge in [-0.15, -0.1) is 10.2 Å². The van der Waals surface area contributed by atoms with E-state index in [2.05, 4.69) is 15.2 Å². The number of fused-ring (bicyclic) bond motifs is 1. The number of ether oxygens (including phenoxy) is 1. The van der Waals surface area contributed by atoms with E-state index in [1.54, 1.807) is 17.7 Å². The molecule has 0 radical (unpaired) electrons. The number of thioether (sulfide) groups is 1. The van der Waals surface area contributed by atoms with Crippen molar-refractivity contribution in [2.75, 3.05) is 13.7 Å². The molecule has 0 spiro atoms. The normalized spacial score (nSPS) is 11.2. The lowest BCUT2D eigenvalue weighted by atomic mass is 10.2. The van der Waals surface area contributed by atoms with Crippen LogP contribution in [-0.4, -0.2) is 33.5 Å². The van der Waals surface area contributed by atoms with Gasteiger partial charge in [0, 0.05) is 12.7 Å². The second-order valence-corrected chi connectivity index (χ2v) is 6.96. The van der Waals surface area contributed by atoms with Gasteiger partial charge in [-0.05, 0) is 24.3 Å². The van der Waals surface area contributed by atoms with E-state index in [-0.39, 0.29) is 5.56 Å². The minimum atomic E-state index is -0.0827. The van der Waals surface area contributed by atoms with Gasteiger partial charge in [0.15, 0.2) is 5.16 Å². The number of methoxy groups -OCH3 is 1. The molecule has 0 fully saturated rings. The van der Waals surface area contributed by atoms with Crippen LogP contribution >= 0.6 is 11.8 Å². The van der Waals surface area contributed by atoms with Crippen molar-refractivity contribution in [1.29, 1.82) is 0 Å². The van der Waals surface area contributed by atoms with Crippen LogP contribution in [-0.2, 0) is 17.0 Å². The first kappa shape index (κ1) is 18.4. The molecule has 0 bridgehead atoms. The topological polar surface area (TPSA) is 83.0 Å². The van der Waals surface area contributed by atoms with Crippen molar-refractivity contribution >= 4 is 22.7 Å². The Labute approximate surface area is 165 Å². The Morgan fingerprint density at radius 2 is 1.86 bits per heavy atom. The fourth-order valence-electron chi connectivity index (χ4n) is 2.77. The molecule has 0 aliphatic rings. The molecule has 4 aromatic rings. The summed E-state index contributed by atoms with van der Waals surface area (Å²) in [4.78, 5) is 17.5. The molecule has 0 saturated heterocycles. The van der Waals surface area contributed by atoms with E-state index in [1.165, 1.54) is 11.8 Å². The zero-order valence-corrected chi connectivity index (χ0v) is 16.1. The number of rotatable bonds is 7. The standard InChI is InChI=1S/C20H18N4O3S/c1-26-12-11-24-19(25)15-9-5-6-10-16(15)21-20(24)28-13-17-22-23-18(27-17)14-7-3-2-4-8-14/h2-10H,11-13H2,1H3. The fourth-order valence-corrected chi connectivity index (χ4v) is 3.64. The highest BCUT2D eigenvalue weighted by Gasteiger charge is 2.14. The molecular formula is C20H18N4O3S. The number of aromatic nitrogens is 4. The largest absolute Gasteiger partial charge is 0.420 e. The fraction of sp³-hybridized carbons (Fsp3) is 0.200. The van der Waals surface area contributed by atoms with Crippen LogP contribution in [0.2, 0.25) is 0 Å². The van der Waals surface area contributed by atoms with Gasteiger partial charge in [-0.3, -0.25) is 9.36 Å². The van der Waals surface area contributed by atoms with Gasteiger partial charge in [-0.1, -0.05) is 42.1 Å². The predicted octanol–water partition coefficient (Wildman–Crippen LogP) is 3.39. The van der Waals surface area contributed by atoms with Crippen molar-refractivity contribution in [2.45, 2.75) is 17.5 Å². The van der Waals surface area contributed by atoms with Gasteiger partial charge in [0.1, 0.15) is 0 Å². The van der Waals surface area contributed by atoms with E-state index >= 15 is 0 Å². The van der Waals surface area contributed by atoms with Crippen LogP contribution in [0.25, 0.3) is 22.4 Å². The SMILES string of the molecule is COCCn1c(SCc2nnc(-c3ccccc3)o2)nc2ccccc2c1=O. The number of hydrogen-bond acceptors (Lipinski definition) is 7. The first-order valence-corrected chi connectivity index (χ1v) is 9.74. The molecule has 0 aliphatic heterocycles. The monoisotopic (exact) mass is 394 g/mol. The number of para-hydroxylation sites is 1. The lowest BCUT2D eigenvalue weighted by Gasteiger charge is -2.12. The molecule has 0 unspecified atom stereocenters. The van der Waals surface area contributed by atoms with Gasteiger partial charge in [-0.25, -0.2) is 4.98 Å². The lowest BCUT2D eigenvalue weighted by molar-refractivity contribution is 0.183. The van der Waals surface area contributed by atoms with Crippen LogP contribution in [0.4, 0.5) is 0 Å². The van der Waals surface area contributed by atoms with E-state index in [9.17, 15) is 4.79 Å². The predicted molar refractivity (Wildman–Crippen MR) is 107 cm³/mol. The third kappa shape index (κ3) is 3.83. The summed E-state index contributed by atoms with van der Waals surface area (Å²) in [5.41, 5.74) is 1.45. The first-order valence-electron chi connectivity index (χ1n) is 8.75. The van der Waals surface area contributed by atoms with Gasteiger partial charge in [0.2, 0.25) is 11.8 Å². The van der Waals surface area contributed by atoms with Crippen LogP contribution in [0.15, 0.2) is 69.0 Å². The molecule has 0 aliphatic carbocycles. The molecule has 2 aromatic heterocycles. The van der Waals surface area contributed by atoms with Gasteiger partial charge < -0.3 is 9.15 Å². The highest BCUT2D eigenvalue weighted by molar-refractivity contribution is 7.98. The van der Waals surface area contributed by atoms with Crippen molar-refractivity contribution in [1.82, 2.24) is 19.7 Å². The Morgan fingerprint density at radius 3 is 2.68 bits per heavy atom. The minimum absolute atomic E-state index is 0.0827. The van der Waals surface area contributed by atoms with E-state index in [4.69, 9.17) is 9.15 Å². The Bertz CT molecular complexity index is 1140. The van der Waals surface area contributed by atoms with Gasteiger partial charge >= 0.3 is 0 Å². The molecule has 2 aromatic carbocycles. The summed E-state index contributed by atoms with van der Waals surface area (Å²) in [7, 11) is 1.61. The van der Waals surface area contributed by atoms with Gasteiger partial charge in [-0.2, -0.15) is 0 Å². The summed E-state index contributed by atoms with van der Waals surface area (Å²) in [5, 5.41) is 9.39. The summed E-state index contributed by atoms with van der Waals surface area (Å²) in [6, 6.07) is 16.9. The molecule has 0 saturated carbocycles. The van der Waals surface area contributed by atoms with E-state index < -0.39 is 0 Å².